The van der Waals surface area contributed by atoms with E-state index >= 15 is 0 Å². The molecule has 5 nitrogen and oxygen atoms in total. The van der Waals surface area contributed by atoms with Crippen LogP contribution in [0.25, 0.3) is 11.1 Å². The van der Waals surface area contributed by atoms with Gasteiger partial charge < -0.3 is 14.9 Å². The average Bonchev–Trinajstić information content (AvgIpc) is 2.42. The first-order valence-electron chi connectivity index (χ1n) is 5.27. The normalized spacial score (nSPS) is 10.4. The Kier molecular flexibility index (Phi) is 4.32. The number of rotatable bonds is 3. The highest BCUT2D eigenvalue weighted by molar-refractivity contribution is 6.44. The smallest absolute Gasteiger partial charge is 0.406 e. The third-order valence-corrected chi connectivity index (χ3v) is 3.58. The van der Waals surface area contributed by atoms with Crippen LogP contribution < -0.4 is 4.74 Å². The topological polar surface area (TPSA) is 65.3 Å². The molecule has 0 spiro atoms. The Morgan fingerprint density at radius 3 is 2.40 bits per heavy atom. The first kappa shape index (κ1) is 14.8. The summed E-state index contributed by atoms with van der Waals surface area (Å²) in [6, 6.07) is 4.53. The van der Waals surface area contributed by atoms with Gasteiger partial charge in [-0.2, -0.15) is 0 Å². The third-order valence-electron chi connectivity index (χ3n) is 2.55. The van der Waals surface area contributed by atoms with Crippen molar-refractivity contribution in [2.45, 2.75) is 0 Å². The highest BCUT2D eigenvalue weighted by Crippen LogP contribution is 2.37. The van der Waals surface area contributed by atoms with Gasteiger partial charge in [0.25, 0.3) is 0 Å². The molecular formula is C12H7Cl3N2O3. The summed E-state index contributed by atoms with van der Waals surface area (Å²) in [4.78, 5) is 13.9. The first-order valence-corrected chi connectivity index (χ1v) is 6.40. The van der Waals surface area contributed by atoms with Gasteiger partial charge in [0.1, 0.15) is 6.20 Å². The summed E-state index contributed by atoms with van der Waals surface area (Å²) in [6.07, 6.45) is 1.33. The van der Waals surface area contributed by atoms with Crippen molar-refractivity contribution in [2.75, 3.05) is 7.11 Å². The Hall–Kier alpha value is -1.56. The van der Waals surface area contributed by atoms with Crippen LogP contribution in [-0.4, -0.2) is 17.0 Å². The minimum atomic E-state index is -0.626. The molecule has 20 heavy (non-hydrogen) atoms. The van der Waals surface area contributed by atoms with Crippen LogP contribution in [0.15, 0.2) is 24.4 Å². The number of pyridine rings is 1. The van der Waals surface area contributed by atoms with E-state index in [4.69, 9.17) is 39.5 Å². The fourth-order valence-electron chi connectivity index (χ4n) is 1.62. The molecule has 0 unspecified atom stereocenters. The van der Waals surface area contributed by atoms with Crippen molar-refractivity contribution in [1.29, 1.82) is 0 Å². The van der Waals surface area contributed by atoms with Gasteiger partial charge in [0.15, 0.2) is 0 Å². The molecule has 0 atom stereocenters. The Bertz CT molecular complexity index is 692. The van der Waals surface area contributed by atoms with E-state index in [9.17, 15) is 10.1 Å². The lowest BCUT2D eigenvalue weighted by atomic mass is 10.1. The number of benzene rings is 1. The van der Waals surface area contributed by atoms with Crippen molar-refractivity contribution in [3.05, 3.63) is 49.6 Å². The molecule has 2 aromatic rings. The molecule has 0 aliphatic rings. The van der Waals surface area contributed by atoms with Crippen LogP contribution in [0.5, 0.6) is 5.75 Å². The van der Waals surface area contributed by atoms with Crippen LogP contribution in [-0.2, 0) is 0 Å². The molecule has 0 fully saturated rings. The Balaban J connectivity index is 2.59. The van der Waals surface area contributed by atoms with Gasteiger partial charge in [-0.15, -0.1) is 0 Å². The molecule has 0 N–H and O–H groups in total. The summed E-state index contributed by atoms with van der Waals surface area (Å²) >= 11 is 17.9. The highest BCUT2D eigenvalue weighted by atomic mass is 35.5. The minimum absolute atomic E-state index is 0.0367. The van der Waals surface area contributed by atoms with Gasteiger partial charge in [0.2, 0.25) is 5.75 Å². The molecule has 0 bridgehead atoms. The molecule has 0 saturated carbocycles. The van der Waals surface area contributed by atoms with Gasteiger partial charge in [-0.3, -0.25) is 0 Å². The van der Waals surface area contributed by atoms with Crippen LogP contribution in [0.2, 0.25) is 15.1 Å². The summed E-state index contributed by atoms with van der Waals surface area (Å²) < 4.78 is 4.96. The molecule has 0 saturated heterocycles. The largest absolute Gasteiger partial charge is 0.489 e. The van der Waals surface area contributed by atoms with Crippen molar-refractivity contribution in [3.63, 3.8) is 0 Å². The summed E-state index contributed by atoms with van der Waals surface area (Å²) in [5.41, 5.74) is 1.10. The van der Waals surface area contributed by atoms with E-state index in [0.717, 1.165) is 0 Å². The predicted molar refractivity (Wildman–Crippen MR) is 77.9 cm³/mol. The van der Waals surface area contributed by atoms with Crippen molar-refractivity contribution in [3.8, 4) is 16.9 Å². The van der Waals surface area contributed by atoms with E-state index in [1.165, 1.54) is 25.4 Å². The fraction of sp³-hybridized carbons (Fsp3) is 0.0833. The monoisotopic (exact) mass is 332 g/mol. The van der Waals surface area contributed by atoms with E-state index in [-0.39, 0.29) is 11.6 Å². The van der Waals surface area contributed by atoms with E-state index in [0.29, 0.717) is 26.2 Å². The summed E-state index contributed by atoms with van der Waals surface area (Å²) in [5, 5.41) is 11.8. The van der Waals surface area contributed by atoms with Crippen LogP contribution in [0.4, 0.5) is 5.82 Å². The number of nitrogens with zero attached hydrogens (tertiary/aromatic N) is 2. The number of ether oxygens (including phenoxy) is 1. The lowest BCUT2D eigenvalue weighted by Gasteiger charge is -2.07. The summed E-state index contributed by atoms with van der Waals surface area (Å²) in [6.45, 7) is 0. The lowest BCUT2D eigenvalue weighted by Crippen LogP contribution is -1.97. The molecular weight excluding hydrogens is 327 g/mol. The van der Waals surface area contributed by atoms with Crippen LogP contribution >= 0.6 is 34.8 Å². The number of methoxy groups -OCH3 is 1. The summed E-state index contributed by atoms with van der Waals surface area (Å²) in [7, 11) is 1.32. The molecule has 8 heteroatoms. The fourth-order valence-corrected chi connectivity index (χ4v) is 2.27. The predicted octanol–water partition coefficient (Wildman–Crippen LogP) is 4.63. The molecule has 0 radical (unpaired) electrons. The van der Waals surface area contributed by atoms with E-state index in [1.54, 1.807) is 6.07 Å². The number of nitro groups is 1. The second-order valence-corrected chi connectivity index (χ2v) is 4.97. The second-order valence-electron chi connectivity index (χ2n) is 3.75. The number of aromatic nitrogens is 1. The van der Waals surface area contributed by atoms with Gasteiger partial charge in [0.05, 0.1) is 22.2 Å². The second kappa shape index (κ2) is 5.83. The highest BCUT2D eigenvalue weighted by Gasteiger charge is 2.19. The van der Waals surface area contributed by atoms with E-state index in [2.05, 4.69) is 4.98 Å². The average molecular weight is 334 g/mol. The first-order chi connectivity index (χ1) is 9.43. The van der Waals surface area contributed by atoms with Crippen molar-refractivity contribution in [2.24, 2.45) is 0 Å². The van der Waals surface area contributed by atoms with Gasteiger partial charge in [-0.1, -0.05) is 34.8 Å². The quantitative estimate of drug-likeness (QED) is 0.467. The van der Waals surface area contributed by atoms with Gasteiger partial charge in [0, 0.05) is 17.2 Å². The molecule has 0 amide bonds. The summed E-state index contributed by atoms with van der Waals surface area (Å²) in [5.74, 6) is -0.331. The number of hydrogen-bond donors (Lipinski definition) is 0. The molecule has 1 aromatic heterocycles. The van der Waals surface area contributed by atoms with E-state index < -0.39 is 4.92 Å². The van der Waals surface area contributed by atoms with Gasteiger partial charge in [-0.05, 0) is 22.0 Å². The maximum atomic E-state index is 10.8. The molecule has 0 aliphatic carbocycles. The van der Waals surface area contributed by atoms with Crippen molar-refractivity contribution in [1.82, 2.24) is 4.98 Å². The zero-order chi connectivity index (χ0) is 14.9. The zero-order valence-electron chi connectivity index (χ0n) is 10.1. The van der Waals surface area contributed by atoms with Crippen LogP contribution in [0, 0.1) is 10.1 Å². The van der Waals surface area contributed by atoms with Crippen molar-refractivity contribution < 1.29 is 9.66 Å². The molecule has 2 rings (SSSR count). The Morgan fingerprint density at radius 1 is 1.15 bits per heavy atom. The maximum absolute atomic E-state index is 10.8. The Morgan fingerprint density at radius 2 is 1.80 bits per heavy atom. The Labute approximate surface area is 129 Å². The minimum Gasteiger partial charge on any atom is -0.489 e. The van der Waals surface area contributed by atoms with Crippen LogP contribution in [0.3, 0.4) is 0 Å². The molecule has 0 aliphatic heterocycles. The van der Waals surface area contributed by atoms with Gasteiger partial charge >= 0.3 is 5.82 Å². The van der Waals surface area contributed by atoms with Crippen LogP contribution in [0.1, 0.15) is 0 Å². The molecule has 1 aromatic carbocycles. The van der Waals surface area contributed by atoms with Crippen molar-refractivity contribution >= 4 is 40.6 Å². The number of hydrogen-bond acceptors (Lipinski definition) is 4. The number of halogens is 3. The van der Waals surface area contributed by atoms with Gasteiger partial charge in [-0.25, -0.2) is 0 Å². The molecule has 1 heterocycles. The molecule has 104 valence electrons. The third kappa shape index (κ3) is 2.80. The SMILES string of the molecule is COc1cc(-c2cc(Cl)c(Cl)cc2Cl)cnc1[N+](=O)[O-]. The maximum Gasteiger partial charge on any atom is 0.406 e. The standard InChI is InChI=1S/C12H7Cl3N2O3/c1-20-11-2-6(5-16-12(11)17(18)19)7-3-9(14)10(15)4-8(7)13/h2-5H,1H3. The zero-order valence-corrected chi connectivity index (χ0v) is 12.3. The van der Waals surface area contributed by atoms with E-state index in [1.807, 2.05) is 0 Å². The lowest BCUT2D eigenvalue weighted by molar-refractivity contribution is -0.390.